The number of pyridine rings is 2. The highest BCUT2D eigenvalue weighted by Gasteiger charge is 2.50. The first-order chi connectivity index (χ1) is 37.4. The van der Waals surface area contributed by atoms with Crippen LogP contribution < -0.4 is 26.2 Å². The van der Waals surface area contributed by atoms with E-state index in [2.05, 4.69) is 26.8 Å². The average Bonchev–Trinajstić information content (AvgIpc) is 4.18. The van der Waals surface area contributed by atoms with Crippen LogP contribution in [0.1, 0.15) is 54.9 Å². The minimum Gasteiger partial charge on any atom is -0.461 e. The van der Waals surface area contributed by atoms with E-state index in [1.807, 2.05) is 6.07 Å². The Labute approximate surface area is 449 Å². The molecule has 0 spiro atoms. The number of cyclic esters (lactones) is 1. The Morgan fingerprint density at radius 1 is 1.08 bits per heavy atom. The second kappa shape index (κ2) is 18.9. The van der Waals surface area contributed by atoms with Gasteiger partial charge in [-0.3, -0.25) is 19.8 Å². The van der Waals surface area contributed by atoms with Crippen LogP contribution in [0.3, 0.4) is 0 Å². The summed E-state index contributed by atoms with van der Waals surface area (Å²) >= 11 is 7.77. The number of halogens is 5. The molecule has 2 amide bonds. The van der Waals surface area contributed by atoms with Gasteiger partial charge in [-0.25, -0.2) is 32.1 Å². The van der Waals surface area contributed by atoms with Crippen LogP contribution in [0.2, 0.25) is 5.02 Å². The van der Waals surface area contributed by atoms with E-state index in [0.717, 1.165) is 29.9 Å². The van der Waals surface area contributed by atoms with Gasteiger partial charge in [-0.2, -0.15) is 15.2 Å². The fourth-order valence-corrected chi connectivity index (χ4v) is 12.9. The first-order valence-corrected chi connectivity index (χ1v) is 26.2. The van der Waals surface area contributed by atoms with Gasteiger partial charge in [-0.1, -0.05) is 31.2 Å². The molecule has 0 saturated carbocycles. The van der Waals surface area contributed by atoms with Crippen molar-refractivity contribution >= 4 is 89.3 Å². The Hall–Kier alpha value is -7.91. The number of esters is 1. The minimum absolute atomic E-state index is 0.0289. The molecule has 7 aromatic rings. The maximum Gasteiger partial charge on any atom is 0.412 e. The summed E-state index contributed by atoms with van der Waals surface area (Å²) in [5.74, 6) is -3.57. The number of carbonyl (C=O) groups excluding carboxylic acids is 3. The van der Waals surface area contributed by atoms with E-state index in [-0.39, 0.29) is 153 Å². The molecule has 5 aliphatic heterocycles. The Kier molecular flexibility index (Phi) is 12.3. The predicted octanol–water partition coefficient (Wildman–Crippen LogP) is 7.84. The van der Waals surface area contributed by atoms with Gasteiger partial charge < -0.3 is 39.4 Å². The predicted molar refractivity (Wildman–Crippen MR) is 280 cm³/mol. The van der Waals surface area contributed by atoms with Crippen molar-refractivity contribution in [2.45, 2.75) is 63.1 Å². The molecule has 0 radical (unpaired) electrons. The number of nitrogens with one attached hydrogen (secondary N) is 1. The number of fused-ring (bicyclic) bond motifs is 8. The van der Waals surface area contributed by atoms with Crippen molar-refractivity contribution in [3.05, 3.63) is 110 Å². The smallest absolute Gasteiger partial charge is 0.412 e. The second-order valence-electron chi connectivity index (χ2n) is 20.1. The average molecular weight is 1110 g/mol. The van der Waals surface area contributed by atoms with Crippen LogP contribution in [0.15, 0.2) is 59.4 Å². The van der Waals surface area contributed by atoms with Crippen molar-refractivity contribution in [3.63, 3.8) is 0 Å². The molecule has 4 N–H and O–H groups in total. The number of aliphatic hydroxyl groups is 1. The van der Waals surface area contributed by atoms with Crippen LogP contribution in [0.25, 0.3) is 54.4 Å². The minimum atomic E-state index is -2.02. The van der Waals surface area contributed by atoms with E-state index in [0.29, 0.717) is 35.3 Å². The number of rotatable bonds is 10. The van der Waals surface area contributed by atoms with E-state index in [4.69, 9.17) is 36.5 Å². The molecule has 5 aliphatic rings. The summed E-state index contributed by atoms with van der Waals surface area (Å²) in [7, 11) is 0. The molecule has 3 fully saturated rings. The van der Waals surface area contributed by atoms with Gasteiger partial charge in [0.05, 0.1) is 55.5 Å². The largest absolute Gasteiger partial charge is 0.461 e. The third kappa shape index (κ3) is 8.14. The van der Waals surface area contributed by atoms with Crippen molar-refractivity contribution in [3.8, 4) is 34.6 Å². The van der Waals surface area contributed by atoms with Crippen LogP contribution in [0, 0.1) is 28.8 Å². The maximum absolute atomic E-state index is 17.3. The normalized spacial score (nSPS) is 20.6. The highest BCUT2D eigenvalue weighted by molar-refractivity contribution is 7.23. The molecule has 400 valence electrons. The third-order valence-electron chi connectivity index (χ3n) is 15.7. The molecule has 3 saturated heterocycles. The van der Waals surface area contributed by atoms with Crippen molar-refractivity contribution in [1.82, 2.24) is 29.3 Å². The van der Waals surface area contributed by atoms with E-state index in [1.54, 1.807) is 24.0 Å². The van der Waals surface area contributed by atoms with E-state index in [1.165, 1.54) is 27.7 Å². The number of anilines is 3. The quantitative estimate of drug-likeness (QED) is 0.0673. The van der Waals surface area contributed by atoms with Crippen LogP contribution in [-0.2, 0) is 37.8 Å². The molecule has 12 rings (SSSR count). The lowest BCUT2D eigenvalue weighted by atomic mass is 9.86. The number of aromatic nitrogens is 4. The zero-order valence-corrected chi connectivity index (χ0v) is 43.1. The Balaban J connectivity index is 0.745. The van der Waals surface area contributed by atoms with Gasteiger partial charge in [0.15, 0.2) is 11.4 Å². The molecule has 0 bridgehead atoms. The highest BCUT2D eigenvalue weighted by Crippen LogP contribution is 2.47. The van der Waals surface area contributed by atoms with Gasteiger partial charge in [0.2, 0.25) is 0 Å². The Morgan fingerprint density at radius 3 is 2.64 bits per heavy atom. The number of amides is 2. The van der Waals surface area contributed by atoms with Gasteiger partial charge >= 0.3 is 18.1 Å². The number of nitrogen functional groups attached to an aromatic ring is 1. The number of hydrogen-bond acceptors (Lipinski definition) is 16. The second-order valence-corrected chi connectivity index (χ2v) is 21.6. The van der Waals surface area contributed by atoms with Crippen LogP contribution >= 0.6 is 22.9 Å². The molecule has 78 heavy (non-hydrogen) atoms. The lowest BCUT2D eigenvalue weighted by molar-refractivity contribution is -0.172. The van der Waals surface area contributed by atoms with Crippen molar-refractivity contribution in [2.24, 2.45) is 0 Å². The van der Waals surface area contributed by atoms with E-state index >= 15 is 13.2 Å². The molecular weight excluding hydrogens is 1060 g/mol. The zero-order valence-electron chi connectivity index (χ0n) is 41.5. The summed E-state index contributed by atoms with van der Waals surface area (Å²) in [4.78, 5) is 72.2. The zero-order chi connectivity index (χ0) is 54.7. The number of hydrogen-bond donors (Lipinski definition) is 3. The molecule has 3 aromatic carbocycles. The summed E-state index contributed by atoms with van der Waals surface area (Å²) in [6.45, 7) is 6.25. The number of nitrogens with two attached hydrogens (primary N) is 1. The summed E-state index contributed by atoms with van der Waals surface area (Å²) in [6.07, 6.45) is -0.355. The lowest BCUT2D eigenvalue weighted by Gasteiger charge is -2.36. The van der Waals surface area contributed by atoms with Gasteiger partial charge in [0.25, 0.3) is 11.5 Å². The Bertz CT molecular complexity index is 3920. The van der Waals surface area contributed by atoms with Crippen molar-refractivity contribution in [1.29, 1.82) is 5.26 Å². The highest BCUT2D eigenvalue weighted by atomic mass is 35.5. The van der Waals surface area contributed by atoms with Gasteiger partial charge in [-0.15, -0.1) is 11.3 Å². The summed E-state index contributed by atoms with van der Waals surface area (Å²) < 4.78 is 81.0. The number of piperazine rings is 1. The standard InChI is InChI=1S/C54H45ClF4N10O8S/c1-3-54(74)33-16-39-43-27(20-69(39)49(71)32(33)23-75-50(54)72)13-26-14-38(36(58)17-37(26)62-43)63-52(73)76-22-25(2)48(70)67-11-9-66(10-12-67)47-30-15-34(55)41(29-5-6-35(57)45-40(29)31(19-60)46(61)78-45)42(59)44(30)64-51(65-47)77-24-53-7-4-8-68(53)21-28(56)18-53/h5-6,13-17,28,74H,2-4,7-12,18,20-24,61H2,1H3,(H,63,73)/t28-,53+,54+/m1/s1. The molecule has 18 nitrogen and oxygen atoms in total. The molecular formula is C54H45ClF4N10O8S. The number of nitrogens with zero attached hydrogens (tertiary/aromatic N) is 8. The van der Waals surface area contributed by atoms with Crippen molar-refractivity contribution in [2.75, 3.05) is 68.4 Å². The van der Waals surface area contributed by atoms with Crippen LogP contribution in [0.5, 0.6) is 6.01 Å². The fraction of sp³-hybridized carbons (Fsp3) is 0.333. The maximum atomic E-state index is 17.3. The van der Waals surface area contributed by atoms with Crippen LogP contribution in [-0.4, -0.2) is 117 Å². The molecule has 0 unspecified atom stereocenters. The van der Waals surface area contributed by atoms with Gasteiger partial charge in [0, 0.05) is 83.6 Å². The number of nitriles is 1. The van der Waals surface area contributed by atoms with Crippen molar-refractivity contribution < 1.29 is 51.3 Å². The first kappa shape index (κ1) is 50.9. The van der Waals surface area contributed by atoms with Crippen LogP contribution in [0.4, 0.5) is 38.9 Å². The number of thiophene rings is 1. The molecule has 24 heteroatoms. The van der Waals surface area contributed by atoms with E-state index < -0.39 is 64.9 Å². The molecule has 3 atom stereocenters. The SMILES string of the molecule is C=C(COC(=O)Nc1cc2cc3c(nc2cc1F)-c1cc2c(c(=O)n1C3)COC(=O)[C@]2(O)CC)C(=O)N1CCN(c2nc(OC[C@@]34CCCN3C[C@H](F)C4)nc3c(F)c(-c4ccc(F)c5sc(N)c(C#N)c45)c(Cl)cc23)CC1. The van der Waals surface area contributed by atoms with E-state index in [9.17, 15) is 33.9 Å². The number of benzene rings is 3. The van der Waals surface area contributed by atoms with Gasteiger partial charge in [-0.05, 0) is 61.7 Å². The summed E-state index contributed by atoms with van der Waals surface area (Å²) in [5, 5.41) is 24.2. The third-order valence-corrected chi connectivity index (χ3v) is 17.0. The monoisotopic (exact) mass is 1100 g/mol. The Morgan fingerprint density at radius 2 is 1.87 bits per heavy atom. The molecule has 0 aliphatic carbocycles. The molecule has 9 heterocycles. The first-order valence-electron chi connectivity index (χ1n) is 25.0. The number of ether oxygens (including phenoxy) is 3. The number of alkyl halides is 1. The summed E-state index contributed by atoms with van der Waals surface area (Å²) in [6, 6.07) is 11.5. The summed E-state index contributed by atoms with van der Waals surface area (Å²) in [5.41, 5.74) is 4.25. The topological polar surface area (TPSA) is 231 Å². The van der Waals surface area contributed by atoms with Gasteiger partial charge in [0.1, 0.15) is 60.0 Å². The number of carbonyl (C=O) groups is 3. The fourth-order valence-electron chi connectivity index (χ4n) is 11.7. The lowest BCUT2D eigenvalue weighted by Crippen LogP contribution is -2.49. The molecule has 4 aromatic heterocycles.